The third-order valence-corrected chi connectivity index (χ3v) is 3.02. The van der Waals surface area contributed by atoms with Gasteiger partial charge in [-0.1, -0.05) is 24.3 Å². The molecule has 0 aliphatic rings. The molecule has 2 rings (SSSR count). The molecular weight excluding hydrogens is 266 g/mol. The van der Waals surface area contributed by atoms with E-state index < -0.39 is 0 Å². The number of pyridine rings is 1. The zero-order valence-electron chi connectivity index (χ0n) is 12.0. The van der Waals surface area contributed by atoms with Crippen molar-refractivity contribution in [1.29, 1.82) is 0 Å². The number of benzene rings is 1. The molecule has 0 bridgehead atoms. The standard InChI is InChI=1S/C16H19N3O2/c1-2-21-16(20)14-4-3-9-18-15(14)19-11-13-7-5-12(10-17)6-8-13/h3-9H,2,10-11,17H2,1H3,(H,18,19). The Labute approximate surface area is 124 Å². The topological polar surface area (TPSA) is 77.2 Å². The number of carbonyl (C=O) groups excluding carboxylic acids is 1. The van der Waals surface area contributed by atoms with Crippen molar-refractivity contribution in [1.82, 2.24) is 4.98 Å². The zero-order chi connectivity index (χ0) is 15.1. The molecule has 0 spiro atoms. The lowest BCUT2D eigenvalue weighted by molar-refractivity contribution is 0.0527. The van der Waals surface area contributed by atoms with Crippen molar-refractivity contribution < 1.29 is 9.53 Å². The quantitative estimate of drug-likeness (QED) is 0.796. The van der Waals surface area contributed by atoms with Crippen LogP contribution in [0, 0.1) is 0 Å². The Hall–Kier alpha value is -2.40. The van der Waals surface area contributed by atoms with Gasteiger partial charge in [0.05, 0.1) is 6.61 Å². The van der Waals surface area contributed by atoms with Crippen molar-refractivity contribution in [2.75, 3.05) is 11.9 Å². The van der Waals surface area contributed by atoms with Crippen molar-refractivity contribution in [2.45, 2.75) is 20.0 Å². The second-order valence-electron chi connectivity index (χ2n) is 4.49. The van der Waals surface area contributed by atoms with Crippen LogP contribution in [-0.4, -0.2) is 17.6 Å². The number of aromatic nitrogens is 1. The molecule has 0 saturated heterocycles. The Morgan fingerprint density at radius 3 is 2.62 bits per heavy atom. The maximum Gasteiger partial charge on any atom is 0.341 e. The third-order valence-electron chi connectivity index (χ3n) is 3.02. The van der Waals surface area contributed by atoms with E-state index in [1.807, 2.05) is 24.3 Å². The maximum absolute atomic E-state index is 11.8. The van der Waals surface area contributed by atoms with E-state index in [-0.39, 0.29) is 5.97 Å². The van der Waals surface area contributed by atoms with Crippen LogP contribution in [0.2, 0.25) is 0 Å². The van der Waals surface area contributed by atoms with E-state index in [4.69, 9.17) is 10.5 Å². The van der Waals surface area contributed by atoms with Crippen LogP contribution in [0.1, 0.15) is 28.4 Å². The number of anilines is 1. The van der Waals surface area contributed by atoms with Crippen LogP contribution >= 0.6 is 0 Å². The number of nitrogens with one attached hydrogen (secondary N) is 1. The number of hydrogen-bond acceptors (Lipinski definition) is 5. The number of rotatable bonds is 6. The highest BCUT2D eigenvalue weighted by Crippen LogP contribution is 2.14. The van der Waals surface area contributed by atoms with Gasteiger partial charge in [0.2, 0.25) is 0 Å². The average Bonchev–Trinajstić information content (AvgIpc) is 2.54. The molecule has 0 saturated carbocycles. The van der Waals surface area contributed by atoms with Crippen LogP contribution in [0.3, 0.4) is 0 Å². The van der Waals surface area contributed by atoms with Crippen molar-refractivity contribution in [3.8, 4) is 0 Å². The van der Waals surface area contributed by atoms with Crippen molar-refractivity contribution in [3.05, 3.63) is 59.3 Å². The Bertz CT molecular complexity index is 597. The van der Waals surface area contributed by atoms with Gasteiger partial charge in [-0.25, -0.2) is 9.78 Å². The van der Waals surface area contributed by atoms with Gasteiger partial charge in [0.25, 0.3) is 0 Å². The summed E-state index contributed by atoms with van der Waals surface area (Å²) in [6, 6.07) is 11.4. The van der Waals surface area contributed by atoms with Crippen LogP contribution in [0.5, 0.6) is 0 Å². The third kappa shape index (κ3) is 4.03. The summed E-state index contributed by atoms with van der Waals surface area (Å²) < 4.78 is 5.02. The molecule has 0 amide bonds. The van der Waals surface area contributed by atoms with Gasteiger partial charge in [-0.3, -0.25) is 0 Å². The first-order chi connectivity index (χ1) is 10.2. The molecule has 0 atom stereocenters. The van der Waals surface area contributed by atoms with Crippen LogP contribution < -0.4 is 11.1 Å². The molecule has 1 aromatic heterocycles. The van der Waals surface area contributed by atoms with Gasteiger partial charge >= 0.3 is 5.97 Å². The molecule has 0 fully saturated rings. The summed E-state index contributed by atoms with van der Waals surface area (Å²) in [5, 5.41) is 3.16. The van der Waals surface area contributed by atoms with Gasteiger partial charge in [-0.15, -0.1) is 0 Å². The van der Waals surface area contributed by atoms with Crippen LogP contribution in [0.15, 0.2) is 42.6 Å². The molecule has 5 nitrogen and oxygen atoms in total. The van der Waals surface area contributed by atoms with Crippen molar-refractivity contribution in [3.63, 3.8) is 0 Å². The van der Waals surface area contributed by atoms with Crippen molar-refractivity contribution in [2.24, 2.45) is 5.73 Å². The number of nitrogens with two attached hydrogens (primary N) is 1. The molecule has 1 heterocycles. The highest BCUT2D eigenvalue weighted by atomic mass is 16.5. The van der Waals surface area contributed by atoms with E-state index in [0.717, 1.165) is 11.1 Å². The average molecular weight is 285 g/mol. The number of ether oxygens (including phenoxy) is 1. The van der Waals surface area contributed by atoms with E-state index in [1.54, 1.807) is 25.3 Å². The second-order valence-corrected chi connectivity index (χ2v) is 4.49. The molecular formula is C16H19N3O2. The number of carbonyl (C=O) groups is 1. The predicted molar refractivity (Wildman–Crippen MR) is 81.9 cm³/mol. The molecule has 0 radical (unpaired) electrons. The molecule has 110 valence electrons. The minimum Gasteiger partial charge on any atom is -0.462 e. The first-order valence-corrected chi connectivity index (χ1v) is 6.88. The van der Waals surface area contributed by atoms with E-state index in [2.05, 4.69) is 10.3 Å². The molecule has 0 aliphatic carbocycles. The Morgan fingerprint density at radius 1 is 1.24 bits per heavy atom. The molecule has 1 aromatic carbocycles. The summed E-state index contributed by atoms with van der Waals surface area (Å²) in [7, 11) is 0. The Morgan fingerprint density at radius 2 is 1.95 bits per heavy atom. The number of nitrogens with zero attached hydrogens (tertiary/aromatic N) is 1. The highest BCUT2D eigenvalue weighted by Gasteiger charge is 2.12. The fourth-order valence-electron chi connectivity index (χ4n) is 1.90. The minimum atomic E-state index is -0.369. The van der Waals surface area contributed by atoms with E-state index >= 15 is 0 Å². The SMILES string of the molecule is CCOC(=O)c1cccnc1NCc1ccc(CN)cc1. The maximum atomic E-state index is 11.8. The minimum absolute atomic E-state index is 0.341. The van der Waals surface area contributed by atoms with E-state index in [1.165, 1.54) is 0 Å². The summed E-state index contributed by atoms with van der Waals surface area (Å²) in [5.41, 5.74) is 8.19. The fourth-order valence-corrected chi connectivity index (χ4v) is 1.90. The fraction of sp³-hybridized carbons (Fsp3) is 0.250. The van der Waals surface area contributed by atoms with Crippen LogP contribution in [0.25, 0.3) is 0 Å². The second kappa shape index (κ2) is 7.40. The number of hydrogen-bond donors (Lipinski definition) is 2. The molecule has 2 aromatic rings. The lowest BCUT2D eigenvalue weighted by atomic mass is 10.1. The lowest BCUT2D eigenvalue weighted by Crippen LogP contribution is -2.11. The summed E-state index contributed by atoms with van der Waals surface area (Å²) in [6.07, 6.45) is 1.64. The largest absolute Gasteiger partial charge is 0.462 e. The van der Waals surface area contributed by atoms with Gasteiger partial charge in [0.1, 0.15) is 11.4 Å². The zero-order valence-corrected chi connectivity index (χ0v) is 12.0. The summed E-state index contributed by atoms with van der Waals surface area (Å²) in [6.45, 7) is 3.23. The smallest absolute Gasteiger partial charge is 0.341 e. The summed E-state index contributed by atoms with van der Waals surface area (Å²) in [4.78, 5) is 16.0. The van der Waals surface area contributed by atoms with Crippen LogP contribution in [-0.2, 0) is 17.8 Å². The van der Waals surface area contributed by atoms with Gasteiger partial charge in [0, 0.05) is 19.3 Å². The van der Waals surface area contributed by atoms with Gasteiger partial charge in [-0.2, -0.15) is 0 Å². The molecule has 5 heteroatoms. The van der Waals surface area contributed by atoms with E-state index in [0.29, 0.717) is 31.1 Å². The summed E-state index contributed by atoms with van der Waals surface area (Å²) >= 11 is 0. The Balaban J connectivity index is 2.07. The molecule has 0 aliphatic heterocycles. The predicted octanol–water partition coefficient (Wildman–Crippen LogP) is 2.33. The number of esters is 1. The van der Waals surface area contributed by atoms with Gasteiger partial charge in [0.15, 0.2) is 0 Å². The molecule has 3 N–H and O–H groups in total. The van der Waals surface area contributed by atoms with Crippen molar-refractivity contribution >= 4 is 11.8 Å². The van der Waals surface area contributed by atoms with Crippen LogP contribution in [0.4, 0.5) is 5.82 Å². The molecule has 21 heavy (non-hydrogen) atoms. The summed E-state index contributed by atoms with van der Waals surface area (Å²) in [5.74, 6) is 0.158. The normalized spacial score (nSPS) is 10.2. The highest BCUT2D eigenvalue weighted by molar-refractivity contribution is 5.94. The van der Waals surface area contributed by atoms with Gasteiger partial charge in [-0.05, 0) is 30.2 Å². The van der Waals surface area contributed by atoms with Gasteiger partial charge < -0.3 is 15.8 Å². The monoisotopic (exact) mass is 285 g/mol. The van der Waals surface area contributed by atoms with E-state index in [9.17, 15) is 4.79 Å². The molecule has 0 unspecified atom stereocenters. The first kappa shape index (κ1) is 15.0. The Kier molecular flexibility index (Phi) is 5.29. The first-order valence-electron chi connectivity index (χ1n) is 6.88. The lowest BCUT2D eigenvalue weighted by Gasteiger charge is -2.10.